The molecule has 0 heterocycles. The summed E-state index contributed by atoms with van der Waals surface area (Å²) in [5.74, 6) is 0. The zero-order valence-electron chi connectivity index (χ0n) is 14.1. The standard InChI is InChI=1S/C25H16O/c26-16-20-12-13-24(22-10-4-3-9-21(20)22)23-11-5-8-19-14-17-6-1-2-7-18(17)15-25(19)23/h1-16H. The van der Waals surface area contributed by atoms with Crippen molar-refractivity contribution in [3.63, 3.8) is 0 Å². The van der Waals surface area contributed by atoms with Crippen molar-refractivity contribution in [2.45, 2.75) is 0 Å². The normalized spacial score (nSPS) is 11.2. The summed E-state index contributed by atoms with van der Waals surface area (Å²) in [6.45, 7) is 0. The molecule has 0 spiro atoms. The lowest BCUT2D eigenvalue weighted by atomic mass is 9.91. The summed E-state index contributed by atoms with van der Waals surface area (Å²) in [5, 5.41) is 7.05. The van der Waals surface area contributed by atoms with E-state index < -0.39 is 0 Å². The number of benzene rings is 5. The Morgan fingerprint density at radius 2 is 1.15 bits per heavy atom. The van der Waals surface area contributed by atoms with Gasteiger partial charge in [-0.1, -0.05) is 78.9 Å². The van der Waals surface area contributed by atoms with E-state index in [0.717, 1.165) is 28.2 Å². The zero-order chi connectivity index (χ0) is 17.5. The van der Waals surface area contributed by atoms with Crippen LogP contribution in [0.4, 0.5) is 0 Å². The molecule has 0 saturated carbocycles. The number of aldehydes is 1. The van der Waals surface area contributed by atoms with E-state index in [1.807, 2.05) is 24.3 Å². The van der Waals surface area contributed by atoms with E-state index in [-0.39, 0.29) is 0 Å². The first kappa shape index (κ1) is 14.9. The van der Waals surface area contributed by atoms with Crippen molar-refractivity contribution in [2.75, 3.05) is 0 Å². The Labute approximate surface area is 151 Å². The van der Waals surface area contributed by atoms with Gasteiger partial charge in [0, 0.05) is 5.56 Å². The third-order valence-corrected chi connectivity index (χ3v) is 5.12. The molecule has 0 bridgehead atoms. The molecule has 122 valence electrons. The Bertz CT molecular complexity index is 1300. The Morgan fingerprint density at radius 3 is 1.96 bits per heavy atom. The van der Waals surface area contributed by atoms with E-state index in [9.17, 15) is 4.79 Å². The van der Waals surface area contributed by atoms with Crippen LogP contribution >= 0.6 is 0 Å². The van der Waals surface area contributed by atoms with E-state index in [4.69, 9.17) is 0 Å². The summed E-state index contributed by atoms with van der Waals surface area (Å²) in [4.78, 5) is 11.4. The molecule has 0 saturated heterocycles. The highest BCUT2D eigenvalue weighted by molar-refractivity contribution is 6.11. The third-order valence-electron chi connectivity index (χ3n) is 5.12. The molecule has 1 nitrogen and oxygen atoms in total. The topological polar surface area (TPSA) is 17.1 Å². The number of fused-ring (bicyclic) bond motifs is 3. The minimum Gasteiger partial charge on any atom is -0.298 e. The molecule has 0 amide bonds. The maximum atomic E-state index is 11.4. The van der Waals surface area contributed by atoms with Gasteiger partial charge in [-0.3, -0.25) is 4.79 Å². The van der Waals surface area contributed by atoms with Gasteiger partial charge in [0.25, 0.3) is 0 Å². The van der Waals surface area contributed by atoms with E-state index in [1.165, 1.54) is 27.1 Å². The van der Waals surface area contributed by atoms with Gasteiger partial charge in [-0.2, -0.15) is 0 Å². The number of hydrogen-bond acceptors (Lipinski definition) is 1. The summed E-state index contributed by atoms with van der Waals surface area (Å²) in [5.41, 5.74) is 3.09. The summed E-state index contributed by atoms with van der Waals surface area (Å²) in [7, 11) is 0. The Morgan fingerprint density at radius 1 is 0.500 bits per heavy atom. The predicted octanol–water partition coefficient (Wildman–Crippen LogP) is 6.63. The van der Waals surface area contributed by atoms with Crippen LogP contribution in [0.2, 0.25) is 0 Å². The molecule has 0 atom stereocenters. The van der Waals surface area contributed by atoms with Crippen LogP contribution in [0.25, 0.3) is 43.4 Å². The van der Waals surface area contributed by atoms with Crippen molar-refractivity contribution < 1.29 is 4.79 Å². The summed E-state index contributed by atoms with van der Waals surface area (Å²) in [6.07, 6.45) is 0.933. The SMILES string of the molecule is O=Cc1ccc(-c2cccc3cc4ccccc4cc23)c2ccccc12. The molecule has 26 heavy (non-hydrogen) atoms. The number of rotatable bonds is 2. The lowest BCUT2D eigenvalue weighted by Gasteiger charge is -2.12. The lowest BCUT2D eigenvalue weighted by Crippen LogP contribution is -1.88. The van der Waals surface area contributed by atoms with Gasteiger partial charge < -0.3 is 0 Å². The summed E-state index contributed by atoms with van der Waals surface area (Å²) < 4.78 is 0. The Hall–Kier alpha value is -3.45. The van der Waals surface area contributed by atoms with E-state index in [1.54, 1.807) is 0 Å². The highest BCUT2D eigenvalue weighted by atomic mass is 16.1. The second-order valence-corrected chi connectivity index (χ2v) is 6.59. The van der Waals surface area contributed by atoms with Gasteiger partial charge in [0.1, 0.15) is 0 Å². The minimum absolute atomic E-state index is 0.732. The molecule has 5 aromatic carbocycles. The zero-order valence-corrected chi connectivity index (χ0v) is 14.1. The number of carbonyl (C=O) groups excluding carboxylic acids is 1. The van der Waals surface area contributed by atoms with Crippen LogP contribution in [0.3, 0.4) is 0 Å². The van der Waals surface area contributed by atoms with Crippen LogP contribution in [0.15, 0.2) is 91.0 Å². The molecule has 0 unspecified atom stereocenters. The Kier molecular flexibility index (Phi) is 3.32. The van der Waals surface area contributed by atoms with Crippen LogP contribution in [-0.4, -0.2) is 6.29 Å². The quantitative estimate of drug-likeness (QED) is 0.262. The van der Waals surface area contributed by atoms with Gasteiger partial charge in [0.05, 0.1) is 0 Å². The first-order valence-electron chi connectivity index (χ1n) is 8.74. The predicted molar refractivity (Wildman–Crippen MR) is 110 cm³/mol. The van der Waals surface area contributed by atoms with Crippen LogP contribution < -0.4 is 0 Å². The van der Waals surface area contributed by atoms with Crippen LogP contribution in [0.1, 0.15) is 10.4 Å². The molecule has 0 radical (unpaired) electrons. The summed E-state index contributed by atoms with van der Waals surface area (Å²) in [6, 6.07) is 31.5. The molecule has 0 aliphatic heterocycles. The van der Waals surface area contributed by atoms with Crippen LogP contribution in [0.5, 0.6) is 0 Å². The maximum absolute atomic E-state index is 11.4. The van der Waals surface area contributed by atoms with Gasteiger partial charge in [-0.15, -0.1) is 0 Å². The van der Waals surface area contributed by atoms with Gasteiger partial charge in [-0.05, 0) is 55.6 Å². The molecule has 0 aliphatic carbocycles. The highest BCUT2D eigenvalue weighted by Gasteiger charge is 2.10. The van der Waals surface area contributed by atoms with Gasteiger partial charge in [0.2, 0.25) is 0 Å². The van der Waals surface area contributed by atoms with E-state index >= 15 is 0 Å². The first-order chi connectivity index (χ1) is 12.8. The second-order valence-electron chi connectivity index (χ2n) is 6.59. The number of hydrogen-bond donors (Lipinski definition) is 0. The minimum atomic E-state index is 0.732. The van der Waals surface area contributed by atoms with Crippen molar-refractivity contribution in [1.29, 1.82) is 0 Å². The molecular formula is C25H16O. The summed E-state index contributed by atoms with van der Waals surface area (Å²) >= 11 is 0. The average Bonchev–Trinajstić information content (AvgIpc) is 2.71. The maximum Gasteiger partial charge on any atom is 0.150 e. The molecule has 1 heteroatoms. The van der Waals surface area contributed by atoms with Gasteiger partial charge in [0.15, 0.2) is 6.29 Å². The Balaban J connectivity index is 1.89. The van der Waals surface area contributed by atoms with Crippen LogP contribution in [-0.2, 0) is 0 Å². The molecule has 5 aromatic rings. The molecule has 0 fully saturated rings. The fourth-order valence-electron chi connectivity index (χ4n) is 3.86. The van der Waals surface area contributed by atoms with Crippen molar-refractivity contribution in [1.82, 2.24) is 0 Å². The number of carbonyl (C=O) groups is 1. The van der Waals surface area contributed by atoms with Crippen molar-refractivity contribution in [2.24, 2.45) is 0 Å². The average molecular weight is 332 g/mol. The molecule has 0 aromatic heterocycles. The van der Waals surface area contributed by atoms with Crippen LogP contribution in [0, 0.1) is 0 Å². The monoisotopic (exact) mass is 332 g/mol. The van der Waals surface area contributed by atoms with Gasteiger partial charge >= 0.3 is 0 Å². The van der Waals surface area contributed by atoms with E-state index in [2.05, 4.69) is 66.7 Å². The van der Waals surface area contributed by atoms with Crippen molar-refractivity contribution in [3.05, 3.63) is 96.6 Å². The highest BCUT2D eigenvalue weighted by Crippen LogP contribution is 2.36. The smallest absolute Gasteiger partial charge is 0.150 e. The first-order valence-corrected chi connectivity index (χ1v) is 8.74. The van der Waals surface area contributed by atoms with Crippen molar-refractivity contribution >= 4 is 38.6 Å². The second kappa shape index (κ2) is 5.82. The molecule has 5 rings (SSSR count). The molecule has 0 aliphatic rings. The lowest BCUT2D eigenvalue weighted by molar-refractivity contribution is 0.112. The molecule has 0 N–H and O–H groups in total. The largest absolute Gasteiger partial charge is 0.298 e. The van der Waals surface area contributed by atoms with Gasteiger partial charge in [-0.25, -0.2) is 0 Å². The van der Waals surface area contributed by atoms with Crippen molar-refractivity contribution in [3.8, 4) is 11.1 Å². The fourth-order valence-corrected chi connectivity index (χ4v) is 3.86. The third kappa shape index (κ3) is 2.21. The fraction of sp³-hybridized carbons (Fsp3) is 0. The van der Waals surface area contributed by atoms with E-state index in [0.29, 0.717) is 0 Å². The molecular weight excluding hydrogens is 316 g/mol.